The Labute approximate surface area is 80.1 Å². The number of halogens is 2. The molecule has 1 saturated heterocycles. The summed E-state index contributed by atoms with van der Waals surface area (Å²) in [6, 6.07) is -1.74. The van der Waals surface area contributed by atoms with E-state index < -0.39 is 43.5 Å². The number of hydrogen-bond acceptors (Lipinski definition) is 3. The highest BCUT2D eigenvalue weighted by molar-refractivity contribution is 5.73. The summed E-state index contributed by atoms with van der Waals surface area (Å²) in [5.74, 6) is -4.04. The number of nitrogens with zero attached hydrogens (tertiary/aromatic N) is 1. The van der Waals surface area contributed by atoms with Gasteiger partial charge in [-0.3, -0.25) is 9.69 Å². The van der Waals surface area contributed by atoms with Crippen molar-refractivity contribution in [3.8, 4) is 0 Å². The maximum atomic E-state index is 12.9. The van der Waals surface area contributed by atoms with Crippen LogP contribution in [0.5, 0.6) is 0 Å². The highest BCUT2D eigenvalue weighted by Gasteiger charge is 2.47. The minimum atomic E-state index is -2.89. The molecule has 1 aliphatic rings. The summed E-state index contributed by atoms with van der Waals surface area (Å²) in [6.07, 6.45) is -0.471. The van der Waals surface area contributed by atoms with Crippen molar-refractivity contribution in [2.24, 2.45) is 0 Å². The number of aliphatic hydroxyl groups excluding tert-OH is 1. The fourth-order valence-corrected chi connectivity index (χ4v) is 1.69. The van der Waals surface area contributed by atoms with Crippen LogP contribution in [0.15, 0.2) is 0 Å². The Hall–Kier alpha value is -0.750. The van der Waals surface area contributed by atoms with Gasteiger partial charge in [-0.2, -0.15) is 0 Å². The molecule has 0 amide bonds. The van der Waals surface area contributed by atoms with Crippen LogP contribution >= 0.6 is 0 Å². The molecular weight excluding hydrogens is 196 g/mol. The van der Waals surface area contributed by atoms with Crippen molar-refractivity contribution in [3.63, 3.8) is 0 Å². The van der Waals surface area contributed by atoms with Gasteiger partial charge < -0.3 is 10.2 Å². The second-order valence-electron chi connectivity index (χ2n) is 3.58. The monoisotopic (exact) mass is 209 g/mol. The number of rotatable bonds is 3. The summed E-state index contributed by atoms with van der Waals surface area (Å²) in [4.78, 5) is 11.7. The molecule has 0 aliphatic carbocycles. The zero-order valence-corrected chi connectivity index (χ0v) is 7.78. The molecule has 2 atom stereocenters. The Balaban J connectivity index is 2.73. The molecule has 0 unspecified atom stereocenters. The van der Waals surface area contributed by atoms with E-state index in [9.17, 15) is 13.6 Å². The minimum Gasteiger partial charge on any atom is -0.480 e. The fourth-order valence-electron chi connectivity index (χ4n) is 1.69. The van der Waals surface area contributed by atoms with Crippen LogP contribution in [-0.4, -0.2) is 52.2 Å². The van der Waals surface area contributed by atoms with Gasteiger partial charge in [-0.25, -0.2) is 8.78 Å². The molecule has 4 nitrogen and oxygen atoms in total. The van der Waals surface area contributed by atoms with Crippen LogP contribution in [0.1, 0.15) is 13.3 Å². The zero-order valence-electron chi connectivity index (χ0n) is 7.78. The lowest BCUT2D eigenvalue weighted by atomic mass is 10.2. The van der Waals surface area contributed by atoms with Gasteiger partial charge in [0.25, 0.3) is 5.92 Å². The van der Waals surface area contributed by atoms with Crippen LogP contribution < -0.4 is 0 Å². The quantitative estimate of drug-likeness (QED) is 0.695. The largest absolute Gasteiger partial charge is 0.480 e. The molecule has 0 radical (unpaired) electrons. The molecule has 1 aliphatic heterocycles. The van der Waals surface area contributed by atoms with E-state index in [-0.39, 0.29) is 0 Å². The predicted molar refractivity (Wildman–Crippen MR) is 44.2 cm³/mol. The van der Waals surface area contributed by atoms with Crippen LogP contribution in [-0.2, 0) is 4.79 Å². The van der Waals surface area contributed by atoms with Crippen LogP contribution in [0.4, 0.5) is 8.78 Å². The standard InChI is InChI=1S/C8H13F2NO3/c1-5(7(13)14)11-4-8(9,10)2-6(11)3-12/h5-6,12H,2-4H2,1H3,(H,13,14)/t5-,6+/m0/s1. The molecule has 0 aromatic heterocycles. The van der Waals surface area contributed by atoms with E-state index in [4.69, 9.17) is 10.2 Å². The maximum absolute atomic E-state index is 12.9. The summed E-state index contributed by atoms with van der Waals surface area (Å²) in [5.41, 5.74) is 0. The van der Waals surface area contributed by atoms with Crippen LogP contribution in [0.2, 0.25) is 0 Å². The van der Waals surface area contributed by atoms with E-state index in [1.807, 2.05) is 0 Å². The van der Waals surface area contributed by atoms with Gasteiger partial charge >= 0.3 is 5.97 Å². The van der Waals surface area contributed by atoms with Crippen molar-refractivity contribution in [3.05, 3.63) is 0 Å². The summed E-state index contributed by atoms with van der Waals surface area (Å²) >= 11 is 0. The third-order valence-corrected chi connectivity index (χ3v) is 2.48. The third-order valence-electron chi connectivity index (χ3n) is 2.48. The lowest BCUT2D eigenvalue weighted by molar-refractivity contribution is -0.143. The number of alkyl halides is 2. The summed E-state index contributed by atoms with van der Waals surface area (Å²) in [6.45, 7) is 0.311. The van der Waals surface area contributed by atoms with Gasteiger partial charge in [0.15, 0.2) is 0 Å². The molecule has 82 valence electrons. The minimum absolute atomic E-state index is 0.437. The molecule has 1 rings (SSSR count). The van der Waals surface area contributed by atoms with E-state index in [2.05, 4.69) is 0 Å². The van der Waals surface area contributed by atoms with Crippen LogP contribution in [0.25, 0.3) is 0 Å². The second kappa shape index (κ2) is 3.78. The SMILES string of the molecule is C[C@@H](C(=O)O)N1CC(F)(F)C[C@@H]1CO. The molecule has 2 N–H and O–H groups in total. The average Bonchev–Trinajstić information content (AvgIpc) is 2.39. The number of carboxylic acid groups (broad SMARTS) is 1. The molecule has 6 heteroatoms. The average molecular weight is 209 g/mol. The molecule has 0 aromatic rings. The van der Waals surface area contributed by atoms with Crippen LogP contribution in [0.3, 0.4) is 0 Å². The summed E-state index contributed by atoms with van der Waals surface area (Å²) in [5, 5.41) is 17.5. The van der Waals surface area contributed by atoms with Gasteiger partial charge in [0.1, 0.15) is 6.04 Å². The fraction of sp³-hybridized carbons (Fsp3) is 0.875. The van der Waals surface area contributed by atoms with Gasteiger partial charge in [-0.05, 0) is 6.92 Å². The van der Waals surface area contributed by atoms with E-state index in [0.717, 1.165) is 4.90 Å². The number of aliphatic carboxylic acids is 1. The first-order valence-corrected chi connectivity index (χ1v) is 4.34. The van der Waals surface area contributed by atoms with E-state index in [0.29, 0.717) is 0 Å². The Kier molecular flexibility index (Phi) is 3.06. The van der Waals surface area contributed by atoms with Gasteiger partial charge in [-0.1, -0.05) is 0 Å². The second-order valence-corrected chi connectivity index (χ2v) is 3.58. The first-order chi connectivity index (χ1) is 6.37. The summed E-state index contributed by atoms with van der Waals surface area (Å²) in [7, 11) is 0. The topological polar surface area (TPSA) is 60.8 Å². The van der Waals surface area contributed by atoms with Gasteiger partial charge in [0.05, 0.1) is 13.2 Å². The first-order valence-electron chi connectivity index (χ1n) is 4.34. The van der Waals surface area contributed by atoms with Gasteiger partial charge in [0.2, 0.25) is 0 Å². The number of hydrogen-bond donors (Lipinski definition) is 2. The molecule has 0 saturated carbocycles. The molecule has 1 heterocycles. The van der Waals surface area contributed by atoms with E-state index in [1.54, 1.807) is 0 Å². The van der Waals surface area contributed by atoms with Crippen molar-refractivity contribution in [2.75, 3.05) is 13.2 Å². The van der Waals surface area contributed by atoms with Gasteiger partial charge in [-0.15, -0.1) is 0 Å². The molecule has 0 spiro atoms. The van der Waals surface area contributed by atoms with Crippen molar-refractivity contribution in [1.29, 1.82) is 0 Å². The lowest BCUT2D eigenvalue weighted by Gasteiger charge is -2.25. The first kappa shape index (κ1) is 11.3. The van der Waals surface area contributed by atoms with Crippen molar-refractivity contribution in [2.45, 2.75) is 31.4 Å². The zero-order chi connectivity index (χ0) is 10.9. The Bertz CT molecular complexity index is 235. The lowest BCUT2D eigenvalue weighted by Crippen LogP contribution is -2.44. The summed E-state index contributed by atoms with van der Waals surface area (Å²) < 4.78 is 25.8. The highest BCUT2D eigenvalue weighted by atomic mass is 19.3. The van der Waals surface area contributed by atoms with Crippen LogP contribution in [0, 0.1) is 0 Å². The number of aliphatic hydroxyl groups is 1. The molecule has 14 heavy (non-hydrogen) atoms. The number of carbonyl (C=O) groups is 1. The highest BCUT2D eigenvalue weighted by Crippen LogP contribution is 2.33. The van der Waals surface area contributed by atoms with E-state index >= 15 is 0 Å². The van der Waals surface area contributed by atoms with Crippen molar-refractivity contribution >= 4 is 5.97 Å². The normalized spacial score (nSPS) is 29.0. The van der Waals surface area contributed by atoms with E-state index in [1.165, 1.54) is 6.92 Å². The maximum Gasteiger partial charge on any atom is 0.320 e. The van der Waals surface area contributed by atoms with Crippen molar-refractivity contribution in [1.82, 2.24) is 4.90 Å². The van der Waals surface area contributed by atoms with Crippen molar-refractivity contribution < 1.29 is 23.8 Å². The number of carboxylic acids is 1. The molecule has 0 bridgehead atoms. The molecule has 0 aromatic carbocycles. The number of likely N-dealkylation sites (tertiary alicyclic amines) is 1. The third kappa shape index (κ3) is 2.19. The van der Waals surface area contributed by atoms with Gasteiger partial charge in [0, 0.05) is 12.5 Å². The molecule has 1 fully saturated rings. The Morgan fingerprint density at radius 2 is 2.29 bits per heavy atom. The predicted octanol–water partition coefficient (Wildman–Crippen LogP) is 0.161. The molecular formula is C8H13F2NO3. The smallest absolute Gasteiger partial charge is 0.320 e. The Morgan fingerprint density at radius 3 is 2.71 bits per heavy atom. The Morgan fingerprint density at radius 1 is 1.71 bits per heavy atom.